The Hall–Kier alpha value is -0.470. The minimum atomic E-state index is 0.664. The normalized spacial score (nSPS) is 12.6. The fraction of sp³-hybridized carbons (Fsp3) is 0.600. The molecular weight excluding hydrogens is 226 g/mol. The highest BCUT2D eigenvalue weighted by molar-refractivity contribution is 7.98. The maximum absolute atomic E-state index is 3.28. The van der Waals surface area contributed by atoms with Crippen LogP contribution in [0.2, 0.25) is 0 Å². The Balaban J connectivity index is 2.05. The molecule has 1 rings (SSSR count). The van der Waals surface area contributed by atoms with Gasteiger partial charge in [-0.25, -0.2) is 0 Å². The number of thioether (sulfide) groups is 1. The monoisotopic (exact) mass is 251 g/mol. The van der Waals surface area contributed by atoms with E-state index >= 15 is 0 Å². The zero-order chi connectivity index (χ0) is 12.5. The van der Waals surface area contributed by atoms with Gasteiger partial charge in [0.2, 0.25) is 0 Å². The fourth-order valence-electron chi connectivity index (χ4n) is 1.79. The van der Waals surface area contributed by atoms with Crippen LogP contribution in [-0.2, 0) is 5.75 Å². The molecule has 0 aliphatic rings. The molecule has 0 heterocycles. The average molecular weight is 251 g/mol. The summed E-state index contributed by atoms with van der Waals surface area (Å²) in [6, 6.07) is 9.49. The van der Waals surface area contributed by atoms with E-state index < -0.39 is 0 Å². The third-order valence-corrected chi connectivity index (χ3v) is 4.13. The molecule has 0 saturated heterocycles. The number of aryl methyl sites for hydroxylation is 1. The molecule has 0 amide bonds. The summed E-state index contributed by atoms with van der Waals surface area (Å²) in [6.45, 7) is 4.41. The van der Waals surface area contributed by atoms with Gasteiger partial charge in [0, 0.05) is 11.8 Å². The van der Waals surface area contributed by atoms with E-state index in [0.29, 0.717) is 6.04 Å². The molecule has 1 N–H and O–H groups in total. The standard InChI is InChI=1S/C15H25NS/c1-13-7-6-9-15(11-13)12-17-10-5-4-8-14(2)16-3/h6-7,9,11,14,16H,4-5,8,10,12H2,1-3H3. The predicted octanol–water partition coefficient (Wildman–Crippen LogP) is 4.01. The van der Waals surface area contributed by atoms with Gasteiger partial charge in [-0.2, -0.15) is 11.8 Å². The largest absolute Gasteiger partial charge is 0.317 e. The SMILES string of the molecule is CNC(C)CCCCSCc1cccc(C)c1. The van der Waals surface area contributed by atoms with Crippen molar-refractivity contribution in [3.8, 4) is 0 Å². The van der Waals surface area contributed by atoms with E-state index in [1.165, 1.54) is 36.1 Å². The van der Waals surface area contributed by atoms with Crippen LogP contribution >= 0.6 is 11.8 Å². The second-order valence-electron chi connectivity index (χ2n) is 4.73. The summed E-state index contributed by atoms with van der Waals surface area (Å²) in [5.74, 6) is 2.44. The van der Waals surface area contributed by atoms with Crippen molar-refractivity contribution in [3.05, 3.63) is 35.4 Å². The molecule has 17 heavy (non-hydrogen) atoms. The lowest BCUT2D eigenvalue weighted by molar-refractivity contribution is 0.539. The number of hydrogen-bond donors (Lipinski definition) is 1. The van der Waals surface area contributed by atoms with Gasteiger partial charge in [0.15, 0.2) is 0 Å². The van der Waals surface area contributed by atoms with Crippen molar-refractivity contribution in [3.63, 3.8) is 0 Å². The van der Waals surface area contributed by atoms with Gasteiger partial charge in [-0.05, 0) is 45.1 Å². The van der Waals surface area contributed by atoms with E-state index in [-0.39, 0.29) is 0 Å². The lowest BCUT2D eigenvalue weighted by Crippen LogP contribution is -2.20. The van der Waals surface area contributed by atoms with E-state index in [1.807, 2.05) is 7.05 Å². The first-order valence-electron chi connectivity index (χ1n) is 6.53. The molecule has 1 nitrogen and oxygen atoms in total. The topological polar surface area (TPSA) is 12.0 Å². The molecule has 0 aromatic heterocycles. The molecule has 0 radical (unpaired) electrons. The average Bonchev–Trinajstić information content (AvgIpc) is 2.33. The molecular formula is C15H25NS. The van der Waals surface area contributed by atoms with Crippen molar-refractivity contribution in [1.29, 1.82) is 0 Å². The van der Waals surface area contributed by atoms with Crippen LogP contribution in [0.15, 0.2) is 24.3 Å². The highest BCUT2D eigenvalue weighted by Gasteiger charge is 1.98. The van der Waals surface area contributed by atoms with Crippen LogP contribution in [0.1, 0.15) is 37.3 Å². The van der Waals surface area contributed by atoms with Gasteiger partial charge in [-0.15, -0.1) is 0 Å². The van der Waals surface area contributed by atoms with Crippen molar-refractivity contribution in [2.75, 3.05) is 12.8 Å². The molecule has 96 valence electrons. The van der Waals surface area contributed by atoms with Gasteiger partial charge in [0.25, 0.3) is 0 Å². The molecule has 1 aromatic rings. The smallest absolute Gasteiger partial charge is 0.0184 e. The van der Waals surface area contributed by atoms with Gasteiger partial charge in [-0.3, -0.25) is 0 Å². The van der Waals surface area contributed by atoms with E-state index in [1.54, 1.807) is 0 Å². The Kier molecular flexibility index (Phi) is 7.38. The highest BCUT2D eigenvalue weighted by atomic mass is 32.2. The third-order valence-electron chi connectivity index (χ3n) is 3.02. The number of hydrogen-bond acceptors (Lipinski definition) is 2. The van der Waals surface area contributed by atoms with Gasteiger partial charge in [0.1, 0.15) is 0 Å². The van der Waals surface area contributed by atoms with Crippen molar-refractivity contribution in [2.24, 2.45) is 0 Å². The third kappa shape index (κ3) is 6.75. The second-order valence-corrected chi connectivity index (χ2v) is 5.83. The van der Waals surface area contributed by atoms with E-state index in [0.717, 1.165) is 5.75 Å². The highest BCUT2D eigenvalue weighted by Crippen LogP contribution is 2.15. The first-order valence-corrected chi connectivity index (χ1v) is 7.68. The molecule has 0 aliphatic heterocycles. The first kappa shape index (κ1) is 14.6. The summed E-state index contributed by atoms with van der Waals surface area (Å²) in [6.07, 6.45) is 3.97. The van der Waals surface area contributed by atoms with Crippen LogP contribution in [0, 0.1) is 6.92 Å². The summed E-state index contributed by atoms with van der Waals surface area (Å²) < 4.78 is 0. The van der Waals surface area contributed by atoms with Gasteiger partial charge >= 0.3 is 0 Å². The van der Waals surface area contributed by atoms with Crippen molar-refractivity contribution in [1.82, 2.24) is 5.32 Å². The molecule has 0 bridgehead atoms. The van der Waals surface area contributed by atoms with Crippen LogP contribution < -0.4 is 5.32 Å². The Morgan fingerprint density at radius 3 is 2.82 bits per heavy atom. The van der Waals surface area contributed by atoms with Gasteiger partial charge in [0.05, 0.1) is 0 Å². The summed E-state index contributed by atoms with van der Waals surface area (Å²) in [4.78, 5) is 0. The molecule has 0 fully saturated rings. The zero-order valence-corrected chi connectivity index (χ0v) is 12.1. The van der Waals surface area contributed by atoms with Crippen LogP contribution in [0.3, 0.4) is 0 Å². The summed E-state index contributed by atoms with van der Waals surface area (Å²) >= 11 is 2.05. The quantitative estimate of drug-likeness (QED) is 0.701. The molecule has 1 unspecified atom stereocenters. The number of benzene rings is 1. The number of nitrogens with one attached hydrogen (secondary N) is 1. The van der Waals surface area contributed by atoms with Crippen molar-refractivity contribution in [2.45, 2.75) is 44.9 Å². The lowest BCUT2D eigenvalue weighted by Gasteiger charge is -2.09. The number of unbranched alkanes of at least 4 members (excludes halogenated alkanes) is 1. The summed E-state index contributed by atoms with van der Waals surface area (Å²) in [5.41, 5.74) is 2.82. The maximum atomic E-state index is 3.28. The number of rotatable bonds is 8. The van der Waals surface area contributed by atoms with Crippen LogP contribution in [0.4, 0.5) is 0 Å². The molecule has 0 aliphatic carbocycles. The minimum absolute atomic E-state index is 0.664. The lowest BCUT2D eigenvalue weighted by atomic mass is 10.1. The van der Waals surface area contributed by atoms with Crippen molar-refractivity contribution < 1.29 is 0 Å². The van der Waals surface area contributed by atoms with E-state index in [2.05, 4.69) is 55.2 Å². The first-order chi connectivity index (χ1) is 8.22. The van der Waals surface area contributed by atoms with E-state index in [9.17, 15) is 0 Å². The second kappa shape index (κ2) is 8.60. The zero-order valence-electron chi connectivity index (χ0n) is 11.3. The minimum Gasteiger partial charge on any atom is -0.317 e. The van der Waals surface area contributed by atoms with Gasteiger partial charge in [-0.1, -0.05) is 36.2 Å². The predicted molar refractivity (Wildman–Crippen MR) is 79.7 cm³/mol. The Morgan fingerprint density at radius 1 is 1.29 bits per heavy atom. The summed E-state index contributed by atoms with van der Waals surface area (Å²) in [5, 5.41) is 3.28. The summed E-state index contributed by atoms with van der Waals surface area (Å²) in [7, 11) is 2.04. The Labute approximate surface area is 110 Å². The maximum Gasteiger partial charge on any atom is 0.0184 e. The van der Waals surface area contributed by atoms with E-state index in [4.69, 9.17) is 0 Å². The van der Waals surface area contributed by atoms with Gasteiger partial charge < -0.3 is 5.32 Å². The van der Waals surface area contributed by atoms with Crippen molar-refractivity contribution >= 4 is 11.8 Å². The van der Waals surface area contributed by atoms with Crippen LogP contribution in [0.25, 0.3) is 0 Å². The van der Waals surface area contributed by atoms with Crippen LogP contribution in [0.5, 0.6) is 0 Å². The van der Waals surface area contributed by atoms with Crippen LogP contribution in [-0.4, -0.2) is 18.8 Å². The molecule has 2 heteroatoms. The molecule has 0 saturated carbocycles. The molecule has 1 aromatic carbocycles. The molecule has 0 spiro atoms. The molecule has 1 atom stereocenters. The fourth-order valence-corrected chi connectivity index (χ4v) is 2.76. The Bertz CT molecular complexity index is 312. The Morgan fingerprint density at radius 2 is 2.12 bits per heavy atom.